The molecule has 0 heterocycles. The molecule has 0 amide bonds. The van der Waals surface area contributed by atoms with E-state index in [0.29, 0.717) is 0 Å². The molecule has 1 radical (unpaired) electrons. The summed E-state index contributed by atoms with van der Waals surface area (Å²) in [7, 11) is -6.44. The topological polar surface area (TPSA) is 34.1 Å². The van der Waals surface area contributed by atoms with Crippen molar-refractivity contribution in [1.29, 1.82) is 0 Å². The number of alkyl halides is 7. The standard InChI is InChI=1S/C12H7Br3F7O2S/c1-2-3-5-6(13)4-7(14)8(15)9(5)25(23,24)12(21,22)10(16,17)11(18,19)20/h2-3H2,1H3. The zero-order valence-corrected chi connectivity index (χ0v) is 17.5. The van der Waals surface area contributed by atoms with E-state index in [0.717, 1.165) is 0 Å². The number of hydrogen-bond acceptors (Lipinski definition) is 2. The molecule has 1 aromatic rings. The Balaban J connectivity index is 3.87. The van der Waals surface area contributed by atoms with E-state index in [4.69, 9.17) is 0 Å². The summed E-state index contributed by atoms with van der Waals surface area (Å²) >= 11 is 8.28. The average molecular weight is 588 g/mol. The number of hydrogen-bond donors (Lipinski definition) is 0. The summed E-state index contributed by atoms with van der Waals surface area (Å²) in [6.07, 6.45) is -6.76. The van der Waals surface area contributed by atoms with Crippen LogP contribution in [0.3, 0.4) is 0 Å². The molecule has 1 rings (SSSR count). The fourth-order valence-electron chi connectivity index (χ4n) is 1.77. The van der Waals surface area contributed by atoms with E-state index in [1.165, 1.54) is 6.92 Å². The molecule has 0 atom stereocenters. The van der Waals surface area contributed by atoms with Gasteiger partial charge in [-0.05, 0) is 59.8 Å². The predicted octanol–water partition coefficient (Wildman–Crippen LogP) is 6.29. The summed E-state index contributed by atoms with van der Waals surface area (Å²) in [6.45, 7) is 1.53. The molecule has 0 aliphatic heterocycles. The second kappa shape index (κ2) is 7.27. The molecule has 0 aromatic heterocycles. The summed E-state index contributed by atoms with van der Waals surface area (Å²) in [5, 5.41) is -6.43. The Bertz CT molecular complexity index is 776. The molecule has 0 saturated heterocycles. The van der Waals surface area contributed by atoms with E-state index < -0.39 is 42.1 Å². The van der Waals surface area contributed by atoms with Gasteiger partial charge in [-0.2, -0.15) is 30.7 Å². The van der Waals surface area contributed by atoms with E-state index in [1.54, 1.807) is 0 Å². The quantitative estimate of drug-likeness (QED) is 0.300. The number of halogens is 10. The minimum atomic E-state index is -6.79. The second-order valence-corrected chi connectivity index (χ2v) is 9.02. The minimum absolute atomic E-state index is 0.158. The van der Waals surface area contributed by atoms with Crippen LogP contribution >= 0.6 is 47.8 Å². The normalized spacial score (nSPS) is 14.0. The number of rotatable bonds is 5. The molecule has 0 N–H and O–H groups in total. The van der Waals surface area contributed by atoms with Crippen LogP contribution in [0.1, 0.15) is 18.9 Å². The van der Waals surface area contributed by atoms with E-state index in [1.807, 2.05) is 0 Å². The van der Waals surface area contributed by atoms with E-state index in [9.17, 15) is 39.2 Å². The van der Waals surface area contributed by atoms with Crippen LogP contribution in [-0.4, -0.2) is 25.8 Å². The molecule has 0 aliphatic rings. The molecule has 0 aliphatic carbocycles. The van der Waals surface area contributed by atoms with Crippen LogP contribution in [0.5, 0.6) is 0 Å². The zero-order chi connectivity index (χ0) is 20.0. The molecule has 13 heteroatoms. The molecule has 25 heavy (non-hydrogen) atoms. The largest absolute Gasteiger partial charge is 0.461 e. The van der Waals surface area contributed by atoms with Gasteiger partial charge in [-0.1, -0.05) is 13.3 Å². The Labute approximate surface area is 163 Å². The lowest BCUT2D eigenvalue weighted by Crippen LogP contribution is -2.56. The second-order valence-electron chi connectivity index (χ2n) is 4.72. The molecule has 0 fully saturated rings. The van der Waals surface area contributed by atoms with Crippen molar-refractivity contribution in [2.24, 2.45) is 0 Å². The summed E-state index contributed by atoms with van der Waals surface area (Å²) < 4.78 is 115. The predicted molar refractivity (Wildman–Crippen MR) is 85.5 cm³/mol. The molecule has 1 aromatic carbocycles. The summed E-state index contributed by atoms with van der Waals surface area (Å²) in [6, 6.07) is 2.49. The molecule has 0 spiro atoms. The maximum absolute atomic E-state index is 13.9. The SMILES string of the molecule is CCCc1c(Br)[c]c(Br)c(Br)c1S(=O)(=O)C(F)(F)C(F)(F)C(F)(F)F. The van der Waals surface area contributed by atoms with Gasteiger partial charge in [0.1, 0.15) is 0 Å². The Kier molecular flexibility index (Phi) is 6.73. The van der Waals surface area contributed by atoms with Crippen LogP contribution in [-0.2, 0) is 16.3 Å². The fourth-order valence-corrected chi connectivity index (χ4v) is 5.85. The first-order valence-electron chi connectivity index (χ1n) is 6.19. The van der Waals surface area contributed by atoms with E-state index in [-0.39, 0.29) is 21.8 Å². The summed E-state index contributed by atoms with van der Waals surface area (Å²) in [4.78, 5) is -1.36. The molecule has 0 unspecified atom stereocenters. The highest BCUT2D eigenvalue weighted by atomic mass is 79.9. The third-order valence-electron chi connectivity index (χ3n) is 2.98. The van der Waals surface area contributed by atoms with Gasteiger partial charge in [0.2, 0.25) is 0 Å². The van der Waals surface area contributed by atoms with Crippen LogP contribution in [0.15, 0.2) is 18.3 Å². The number of benzene rings is 1. The minimum Gasteiger partial charge on any atom is -0.217 e. The van der Waals surface area contributed by atoms with Crippen molar-refractivity contribution in [3.05, 3.63) is 25.0 Å². The average Bonchev–Trinajstić information content (AvgIpc) is 2.43. The van der Waals surface area contributed by atoms with Gasteiger partial charge in [0, 0.05) is 15.0 Å². The molecular formula is C12H7Br3F7O2S. The van der Waals surface area contributed by atoms with Crippen molar-refractivity contribution >= 4 is 57.6 Å². The molecule has 0 saturated carbocycles. The lowest BCUT2D eigenvalue weighted by Gasteiger charge is -2.29. The first kappa shape index (κ1) is 23.2. The van der Waals surface area contributed by atoms with Gasteiger partial charge >= 0.3 is 17.4 Å². The van der Waals surface area contributed by atoms with E-state index in [2.05, 4.69) is 53.9 Å². The van der Waals surface area contributed by atoms with Crippen molar-refractivity contribution in [3.63, 3.8) is 0 Å². The Morgan fingerprint density at radius 2 is 1.44 bits per heavy atom. The summed E-state index contributed by atoms with van der Waals surface area (Å²) in [5.74, 6) is -6.79. The van der Waals surface area contributed by atoms with Gasteiger partial charge in [-0.15, -0.1) is 0 Å². The Morgan fingerprint density at radius 1 is 0.960 bits per heavy atom. The fraction of sp³-hybridized carbons (Fsp3) is 0.500. The van der Waals surface area contributed by atoms with Gasteiger partial charge in [0.15, 0.2) is 0 Å². The first-order valence-corrected chi connectivity index (χ1v) is 10.1. The van der Waals surface area contributed by atoms with Gasteiger partial charge in [0.25, 0.3) is 9.84 Å². The number of sulfone groups is 1. The van der Waals surface area contributed by atoms with Crippen LogP contribution in [0.2, 0.25) is 0 Å². The zero-order valence-electron chi connectivity index (χ0n) is 11.9. The van der Waals surface area contributed by atoms with Gasteiger partial charge < -0.3 is 0 Å². The highest BCUT2D eigenvalue weighted by Crippen LogP contribution is 2.53. The van der Waals surface area contributed by atoms with Crippen molar-refractivity contribution < 1.29 is 39.2 Å². The smallest absolute Gasteiger partial charge is 0.217 e. The van der Waals surface area contributed by atoms with Crippen LogP contribution < -0.4 is 0 Å². The molecule has 0 bridgehead atoms. The van der Waals surface area contributed by atoms with Gasteiger partial charge in [-0.25, -0.2) is 8.42 Å². The molecular weight excluding hydrogens is 581 g/mol. The summed E-state index contributed by atoms with van der Waals surface area (Å²) in [5.41, 5.74) is -0.393. The van der Waals surface area contributed by atoms with Crippen molar-refractivity contribution in [2.45, 2.75) is 42.0 Å². The maximum atomic E-state index is 13.9. The molecule has 143 valence electrons. The lowest BCUT2D eigenvalue weighted by molar-refractivity contribution is -0.332. The van der Waals surface area contributed by atoms with Crippen LogP contribution in [0, 0.1) is 6.07 Å². The van der Waals surface area contributed by atoms with Crippen molar-refractivity contribution in [2.75, 3.05) is 0 Å². The Morgan fingerprint density at radius 3 is 1.84 bits per heavy atom. The van der Waals surface area contributed by atoms with E-state index >= 15 is 0 Å². The van der Waals surface area contributed by atoms with Gasteiger partial charge in [0.05, 0.1) is 9.37 Å². The third kappa shape index (κ3) is 3.75. The van der Waals surface area contributed by atoms with Crippen molar-refractivity contribution in [3.8, 4) is 0 Å². The lowest BCUT2D eigenvalue weighted by atomic mass is 10.1. The van der Waals surface area contributed by atoms with Gasteiger partial charge in [-0.3, -0.25) is 0 Å². The monoisotopic (exact) mass is 585 g/mol. The highest BCUT2D eigenvalue weighted by molar-refractivity contribution is 9.13. The van der Waals surface area contributed by atoms with Crippen molar-refractivity contribution in [1.82, 2.24) is 0 Å². The molecule has 2 nitrogen and oxygen atoms in total. The maximum Gasteiger partial charge on any atom is 0.461 e. The highest BCUT2D eigenvalue weighted by Gasteiger charge is 2.79. The van der Waals surface area contributed by atoms with Crippen LogP contribution in [0.4, 0.5) is 30.7 Å². The third-order valence-corrected chi connectivity index (χ3v) is 7.76. The Hall–Kier alpha value is 0.120. The van der Waals surface area contributed by atoms with Crippen LogP contribution in [0.25, 0.3) is 0 Å². The first-order chi connectivity index (χ1) is 11.0.